The maximum Gasteiger partial charge on any atom is 0.0965 e. The van der Waals surface area contributed by atoms with Gasteiger partial charge in [0.15, 0.2) is 0 Å². The van der Waals surface area contributed by atoms with Crippen molar-refractivity contribution in [1.29, 1.82) is 0 Å². The van der Waals surface area contributed by atoms with Gasteiger partial charge >= 0.3 is 0 Å². The van der Waals surface area contributed by atoms with E-state index in [9.17, 15) is 0 Å². The summed E-state index contributed by atoms with van der Waals surface area (Å²) in [5.41, 5.74) is 1.06. The molecule has 0 bridgehead atoms. The van der Waals surface area contributed by atoms with Crippen LogP contribution in [0.5, 0.6) is 0 Å². The highest BCUT2D eigenvalue weighted by molar-refractivity contribution is 4.97. The maximum atomic E-state index is 4.25. The summed E-state index contributed by atoms with van der Waals surface area (Å²) in [5, 5.41) is 12.1. The molecule has 1 N–H and O–H groups in total. The molecule has 1 saturated carbocycles. The molecule has 2 heterocycles. The molecule has 1 aromatic rings. The third-order valence-electron chi connectivity index (χ3n) is 4.08. The largest absolute Gasteiger partial charge is 0.307 e. The van der Waals surface area contributed by atoms with Gasteiger partial charge in [-0.1, -0.05) is 5.21 Å². The van der Waals surface area contributed by atoms with Crippen LogP contribution in [0.15, 0.2) is 6.20 Å². The molecule has 0 spiro atoms. The number of hydrogen-bond donors (Lipinski definition) is 1. The van der Waals surface area contributed by atoms with Gasteiger partial charge in [0.05, 0.1) is 17.4 Å². The SMILES string of the molecule is CC(C)(C)n1cc(CNC2CCN(C3CC3)C2)nn1. The monoisotopic (exact) mass is 263 g/mol. The number of aromatic nitrogens is 3. The van der Waals surface area contributed by atoms with Crippen molar-refractivity contribution in [2.24, 2.45) is 0 Å². The van der Waals surface area contributed by atoms with Gasteiger partial charge in [0.2, 0.25) is 0 Å². The third-order valence-corrected chi connectivity index (χ3v) is 4.08. The van der Waals surface area contributed by atoms with E-state index in [0.717, 1.165) is 18.3 Å². The molecule has 3 rings (SSSR count). The minimum atomic E-state index is 0.0153. The summed E-state index contributed by atoms with van der Waals surface area (Å²) < 4.78 is 1.94. The van der Waals surface area contributed by atoms with Gasteiger partial charge in [-0.15, -0.1) is 5.10 Å². The molecular formula is C14H25N5. The highest BCUT2D eigenvalue weighted by atomic mass is 15.4. The van der Waals surface area contributed by atoms with Gasteiger partial charge in [0.25, 0.3) is 0 Å². The van der Waals surface area contributed by atoms with E-state index < -0.39 is 0 Å². The lowest BCUT2D eigenvalue weighted by Gasteiger charge is -2.17. The summed E-state index contributed by atoms with van der Waals surface area (Å²) >= 11 is 0. The summed E-state index contributed by atoms with van der Waals surface area (Å²) in [7, 11) is 0. The lowest BCUT2D eigenvalue weighted by atomic mass is 10.1. The van der Waals surface area contributed by atoms with E-state index in [-0.39, 0.29) is 5.54 Å². The van der Waals surface area contributed by atoms with Gasteiger partial charge in [-0.05, 0) is 40.0 Å². The first-order valence-electron chi connectivity index (χ1n) is 7.41. The molecule has 0 amide bonds. The molecule has 1 aliphatic heterocycles. The Bertz CT molecular complexity index is 429. The fourth-order valence-electron chi connectivity index (χ4n) is 2.68. The summed E-state index contributed by atoms with van der Waals surface area (Å²) in [6, 6.07) is 1.52. The van der Waals surface area contributed by atoms with Gasteiger partial charge in [0, 0.05) is 31.7 Å². The molecular weight excluding hydrogens is 238 g/mol. The minimum Gasteiger partial charge on any atom is -0.307 e. The van der Waals surface area contributed by atoms with Crippen molar-refractivity contribution in [2.75, 3.05) is 13.1 Å². The van der Waals surface area contributed by atoms with E-state index in [4.69, 9.17) is 0 Å². The standard InChI is InChI=1S/C14H25N5/c1-14(2,3)19-10-12(16-17-19)8-15-11-6-7-18(9-11)13-4-5-13/h10-11,13,15H,4-9H2,1-3H3. The van der Waals surface area contributed by atoms with Gasteiger partial charge in [-0.25, -0.2) is 4.68 Å². The van der Waals surface area contributed by atoms with Crippen LogP contribution >= 0.6 is 0 Å². The van der Waals surface area contributed by atoms with Crippen LogP contribution in [0.2, 0.25) is 0 Å². The number of nitrogens with one attached hydrogen (secondary N) is 1. The van der Waals surface area contributed by atoms with E-state index in [1.807, 2.05) is 4.68 Å². The van der Waals surface area contributed by atoms with Crippen LogP contribution in [0.3, 0.4) is 0 Å². The molecule has 2 fully saturated rings. The van der Waals surface area contributed by atoms with Gasteiger partial charge in [0.1, 0.15) is 0 Å². The van der Waals surface area contributed by atoms with E-state index in [0.29, 0.717) is 6.04 Å². The number of hydrogen-bond acceptors (Lipinski definition) is 4. The fourth-order valence-corrected chi connectivity index (χ4v) is 2.68. The van der Waals surface area contributed by atoms with Crippen molar-refractivity contribution < 1.29 is 0 Å². The Morgan fingerprint density at radius 1 is 1.32 bits per heavy atom. The first-order chi connectivity index (χ1) is 9.02. The van der Waals surface area contributed by atoms with Crippen LogP contribution in [-0.2, 0) is 12.1 Å². The average molecular weight is 263 g/mol. The van der Waals surface area contributed by atoms with Crippen LogP contribution in [0.25, 0.3) is 0 Å². The van der Waals surface area contributed by atoms with Gasteiger partial charge in [-0.2, -0.15) is 0 Å². The number of likely N-dealkylation sites (tertiary alicyclic amines) is 1. The lowest BCUT2D eigenvalue weighted by molar-refractivity contribution is 0.317. The third kappa shape index (κ3) is 3.15. The summed E-state index contributed by atoms with van der Waals surface area (Å²) in [6.45, 7) is 9.73. The zero-order valence-electron chi connectivity index (χ0n) is 12.3. The average Bonchev–Trinajstić information content (AvgIpc) is 2.91. The zero-order chi connectivity index (χ0) is 13.5. The summed E-state index contributed by atoms with van der Waals surface area (Å²) in [6.07, 6.45) is 6.14. The topological polar surface area (TPSA) is 46.0 Å². The Labute approximate surface area is 115 Å². The molecule has 1 aliphatic carbocycles. The fraction of sp³-hybridized carbons (Fsp3) is 0.857. The lowest BCUT2D eigenvalue weighted by Crippen LogP contribution is -2.33. The predicted molar refractivity (Wildman–Crippen MR) is 74.9 cm³/mol. The maximum absolute atomic E-state index is 4.25. The molecule has 1 atom stereocenters. The first kappa shape index (κ1) is 13.1. The molecule has 2 aliphatic rings. The highest BCUT2D eigenvalue weighted by Gasteiger charge is 2.34. The van der Waals surface area contributed by atoms with Crippen LogP contribution in [0, 0.1) is 0 Å². The summed E-state index contributed by atoms with van der Waals surface area (Å²) in [4.78, 5) is 2.63. The molecule has 0 radical (unpaired) electrons. The van der Waals surface area contributed by atoms with Gasteiger partial charge < -0.3 is 5.32 Å². The molecule has 106 valence electrons. The Hall–Kier alpha value is -0.940. The van der Waals surface area contributed by atoms with Crippen molar-refractivity contribution in [3.05, 3.63) is 11.9 Å². The molecule has 0 aromatic carbocycles. The minimum absolute atomic E-state index is 0.0153. The Morgan fingerprint density at radius 3 is 2.74 bits per heavy atom. The Kier molecular flexibility index (Phi) is 3.35. The Morgan fingerprint density at radius 2 is 2.11 bits per heavy atom. The van der Waals surface area contributed by atoms with Gasteiger partial charge in [-0.3, -0.25) is 4.90 Å². The smallest absolute Gasteiger partial charge is 0.0965 e. The number of nitrogens with zero attached hydrogens (tertiary/aromatic N) is 4. The van der Waals surface area contributed by atoms with E-state index in [1.54, 1.807) is 0 Å². The van der Waals surface area contributed by atoms with Crippen LogP contribution in [-0.4, -0.2) is 45.1 Å². The second-order valence-corrected chi connectivity index (χ2v) is 6.92. The van der Waals surface area contributed by atoms with Crippen LogP contribution in [0.1, 0.15) is 45.7 Å². The molecule has 19 heavy (non-hydrogen) atoms. The predicted octanol–water partition coefficient (Wildman–Crippen LogP) is 1.36. The normalized spacial score (nSPS) is 25.1. The number of rotatable bonds is 4. The first-order valence-corrected chi connectivity index (χ1v) is 7.41. The molecule has 1 unspecified atom stereocenters. The molecule has 1 saturated heterocycles. The second-order valence-electron chi connectivity index (χ2n) is 6.92. The van der Waals surface area contributed by atoms with Crippen molar-refractivity contribution in [2.45, 2.75) is 64.2 Å². The Balaban J connectivity index is 1.48. The summed E-state index contributed by atoms with van der Waals surface area (Å²) in [5.74, 6) is 0. The molecule has 5 heteroatoms. The van der Waals surface area contributed by atoms with Crippen molar-refractivity contribution in [1.82, 2.24) is 25.2 Å². The molecule has 1 aromatic heterocycles. The van der Waals surface area contributed by atoms with Crippen molar-refractivity contribution in [3.8, 4) is 0 Å². The zero-order valence-corrected chi connectivity index (χ0v) is 12.3. The van der Waals surface area contributed by atoms with Crippen molar-refractivity contribution >= 4 is 0 Å². The molecule has 5 nitrogen and oxygen atoms in total. The second kappa shape index (κ2) is 4.87. The highest BCUT2D eigenvalue weighted by Crippen LogP contribution is 2.29. The van der Waals surface area contributed by atoms with Crippen molar-refractivity contribution in [3.63, 3.8) is 0 Å². The van der Waals surface area contributed by atoms with E-state index in [2.05, 4.69) is 47.5 Å². The van der Waals surface area contributed by atoms with Crippen LogP contribution < -0.4 is 5.32 Å². The van der Waals surface area contributed by atoms with Crippen LogP contribution in [0.4, 0.5) is 0 Å². The van der Waals surface area contributed by atoms with E-state index >= 15 is 0 Å². The quantitative estimate of drug-likeness (QED) is 0.891. The van der Waals surface area contributed by atoms with E-state index in [1.165, 1.54) is 32.4 Å².